The largest absolute Gasteiger partial charge is 0.493 e. The Labute approximate surface area is 198 Å². The van der Waals surface area contributed by atoms with Crippen molar-refractivity contribution in [3.63, 3.8) is 0 Å². The van der Waals surface area contributed by atoms with Gasteiger partial charge in [0.05, 0.1) is 25.9 Å². The van der Waals surface area contributed by atoms with E-state index >= 15 is 0 Å². The maximum Gasteiger partial charge on any atom is 0.231 e. The highest BCUT2D eigenvalue weighted by Gasteiger charge is 2.38. The fourth-order valence-corrected chi connectivity index (χ4v) is 5.54. The van der Waals surface area contributed by atoms with Crippen molar-refractivity contribution in [2.75, 3.05) is 33.0 Å². The topological polar surface area (TPSA) is 53.1 Å². The van der Waals surface area contributed by atoms with E-state index in [1.54, 1.807) is 14.2 Å². The average molecular weight is 455 g/mol. The number of methoxy groups -OCH3 is 2. The molecule has 0 saturated carbocycles. The van der Waals surface area contributed by atoms with Gasteiger partial charge in [-0.1, -0.05) is 19.1 Å². The van der Waals surface area contributed by atoms with Gasteiger partial charge in [0.15, 0.2) is 23.0 Å². The van der Waals surface area contributed by atoms with E-state index in [-0.39, 0.29) is 18.8 Å². The Balaban J connectivity index is 1.66. The minimum absolute atomic E-state index is 0.00553. The number of nitrogens with zero attached hydrogens (tertiary/aromatic N) is 2. The number of ether oxygens (including phenoxy) is 4. The molecule has 2 atom stereocenters. The number of pyridine rings is 1. The van der Waals surface area contributed by atoms with Crippen LogP contribution in [0.15, 0.2) is 60.9 Å². The Bertz CT molecular complexity index is 1400. The maximum absolute atomic E-state index is 5.96. The first-order valence-corrected chi connectivity index (χ1v) is 11.4. The summed E-state index contributed by atoms with van der Waals surface area (Å²) in [6.45, 7) is 2.51. The third-order valence-electron chi connectivity index (χ3n) is 7.13. The number of benzene rings is 3. The molecule has 172 valence electrons. The zero-order chi connectivity index (χ0) is 23.4. The fourth-order valence-electron chi connectivity index (χ4n) is 5.54. The number of likely N-dealkylation sites (N-methyl/N-ethyl adjacent to an activating group) is 1. The van der Waals surface area contributed by atoms with Crippen molar-refractivity contribution < 1.29 is 18.9 Å². The molecule has 0 radical (unpaired) electrons. The van der Waals surface area contributed by atoms with Crippen LogP contribution in [0.25, 0.3) is 21.9 Å². The molecule has 3 heterocycles. The second kappa shape index (κ2) is 7.83. The van der Waals surface area contributed by atoms with Crippen molar-refractivity contribution in [1.29, 1.82) is 0 Å². The molecule has 0 bridgehead atoms. The normalized spacial score (nSPS) is 16.7. The maximum atomic E-state index is 5.96. The zero-order valence-corrected chi connectivity index (χ0v) is 19.7. The van der Waals surface area contributed by atoms with Crippen molar-refractivity contribution in [3.8, 4) is 34.1 Å². The summed E-state index contributed by atoms with van der Waals surface area (Å²) in [5.74, 6) is 3.24. The van der Waals surface area contributed by atoms with Crippen molar-refractivity contribution in [2.24, 2.45) is 0 Å². The molecule has 6 rings (SSSR count). The second-order valence-corrected chi connectivity index (χ2v) is 8.78. The lowest BCUT2D eigenvalue weighted by atomic mass is 9.79. The Morgan fingerprint density at radius 3 is 2.41 bits per heavy atom. The van der Waals surface area contributed by atoms with E-state index in [1.165, 1.54) is 11.3 Å². The molecule has 34 heavy (non-hydrogen) atoms. The van der Waals surface area contributed by atoms with E-state index in [4.69, 9.17) is 18.9 Å². The molecule has 0 fully saturated rings. The first-order valence-electron chi connectivity index (χ1n) is 11.4. The van der Waals surface area contributed by atoms with Crippen molar-refractivity contribution in [2.45, 2.75) is 18.9 Å². The van der Waals surface area contributed by atoms with Crippen LogP contribution in [-0.4, -0.2) is 33.0 Å². The van der Waals surface area contributed by atoms with Crippen LogP contribution in [0.1, 0.15) is 30.0 Å². The number of hydrogen-bond donors (Lipinski definition) is 0. The third kappa shape index (κ3) is 2.91. The van der Waals surface area contributed by atoms with Crippen LogP contribution in [0, 0.1) is 0 Å². The van der Waals surface area contributed by atoms with Gasteiger partial charge in [-0.2, -0.15) is 0 Å². The highest BCUT2D eigenvalue weighted by Crippen LogP contribution is 2.56. The Hall–Kier alpha value is -3.93. The van der Waals surface area contributed by atoms with Crippen molar-refractivity contribution >= 4 is 16.5 Å². The van der Waals surface area contributed by atoms with Crippen LogP contribution in [0.3, 0.4) is 0 Å². The summed E-state index contributed by atoms with van der Waals surface area (Å²) in [5, 5.41) is 2.26. The summed E-state index contributed by atoms with van der Waals surface area (Å²) < 4.78 is 23.0. The molecule has 2 aliphatic heterocycles. The lowest BCUT2D eigenvalue weighted by Gasteiger charge is -2.42. The van der Waals surface area contributed by atoms with Gasteiger partial charge < -0.3 is 23.8 Å². The van der Waals surface area contributed by atoms with Gasteiger partial charge in [-0.3, -0.25) is 4.98 Å². The highest BCUT2D eigenvalue weighted by atomic mass is 16.7. The predicted molar refractivity (Wildman–Crippen MR) is 132 cm³/mol. The second-order valence-electron chi connectivity index (χ2n) is 8.78. The molecule has 1 aromatic heterocycles. The quantitative estimate of drug-likeness (QED) is 0.380. The molecule has 4 aromatic rings. The van der Waals surface area contributed by atoms with Gasteiger partial charge in [0.25, 0.3) is 0 Å². The zero-order valence-electron chi connectivity index (χ0n) is 19.7. The standard InChI is InChI=1S/C28H26N2O4/c1-16(17-9-11-29-12-10-17)26-25-19(7-8-22(31-3)28(25)32-4)20-6-5-18-13-23-24(34-15-33-23)14-21(18)27(20)30(26)2/h5-14,16,26H,15H2,1-4H3/t16-,26-/m1/s1. The number of hydrogen-bond acceptors (Lipinski definition) is 6. The lowest BCUT2D eigenvalue weighted by Crippen LogP contribution is -2.32. The molecular weight excluding hydrogens is 428 g/mol. The fraction of sp³-hybridized carbons (Fsp3) is 0.250. The smallest absolute Gasteiger partial charge is 0.231 e. The Kier molecular flexibility index (Phi) is 4.76. The van der Waals surface area contributed by atoms with E-state index in [0.29, 0.717) is 0 Å². The molecule has 6 heteroatoms. The molecule has 0 amide bonds. The van der Waals surface area contributed by atoms with Crippen LogP contribution in [0.4, 0.5) is 5.69 Å². The minimum atomic E-state index is 0.00553. The van der Waals surface area contributed by atoms with Crippen LogP contribution in [0.5, 0.6) is 23.0 Å². The van der Waals surface area contributed by atoms with Gasteiger partial charge in [-0.05, 0) is 52.9 Å². The summed E-state index contributed by atoms with van der Waals surface area (Å²) in [6.07, 6.45) is 3.70. The molecule has 0 unspecified atom stereocenters. The van der Waals surface area contributed by atoms with Gasteiger partial charge >= 0.3 is 0 Å². The van der Waals surface area contributed by atoms with Gasteiger partial charge in [-0.15, -0.1) is 0 Å². The molecule has 0 N–H and O–H groups in total. The van der Waals surface area contributed by atoms with E-state index < -0.39 is 0 Å². The monoisotopic (exact) mass is 454 g/mol. The highest BCUT2D eigenvalue weighted by molar-refractivity contribution is 6.05. The molecule has 0 spiro atoms. The summed E-state index contributed by atoms with van der Waals surface area (Å²) >= 11 is 0. The van der Waals surface area contributed by atoms with Gasteiger partial charge in [-0.25, -0.2) is 0 Å². The Morgan fingerprint density at radius 1 is 0.941 bits per heavy atom. The van der Waals surface area contributed by atoms with Crippen molar-refractivity contribution in [1.82, 2.24) is 4.98 Å². The number of anilines is 1. The first kappa shape index (κ1) is 20.7. The summed E-state index contributed by atoms with van der Waals surface area (Å²) in [7, 11) is 5.55. The number of fused-ring (bicyclic) bond motifs is 6. The minimum Gasteiger partial charge on any atom is -0.493 e. The lowest BCUT2D eigenvalue weighted by molar-refractivity contribution is 0.174. The van der Waals surface area contributed by atoms with Crippen molar-refractivity contribution in [3.05, 3.63) is 72.1 Å². The van der Waals surface area contributed by atoms with Gasteiger partial charge in [0, 0.05) is 41.9 Å². The van der Waals surface area contributed by atoms with E-state index in [9.17, 15) is 0 Å². The third-order valence-corrected chi connectivity index (χ3v) is 7.13. The first-order chi connectivity index (χ1) is 16.6. The summed E-state index contributed by atoms with van der Waals surface area (Å²) in [5.41, 5.74) is 5.81. The summed E-state index contributed by atoms with van der Waals surface area (Å²) in [6, 6.07) is 16.8. The van der Waals surface area contributed by atoms with Crippen LogP contribution in [0.2, 0.25) is 0 Å². The Morgan fingerprint density at radius 2 is 1.68 bits per heavy atom. The van der Waals surface area contributed by atoms with Crippen LogP contribution < -0.4 is 23.8 Å². The van der Waals surface area contributed by atoms with Gasteiger partial charge in [0.2, 0.25) is 6.79 Å². The number of rotatable bonds is 4. The molecule has 0 saturated heterocycles. The van der Waals surface area contributed by atoms with E-state index in [2.05, 4.69) is 66.3 Å². The summed E-state index contributed by atoms with van der Waals surface area (Å²) in [4.78, 5) is 6.59. The SMILES string of the molecule is COc1ccc2c(c1OC)[C@@H]([C@H](C)c1ccncc1)N(C)c1c-2ccc2cc3c(cc12)OCO3. The molecule has 6 nitrogen and oxygen atoms in total. The van der Waals surface area contributed by atoms with E-state index in [0.717, 1.165) is 50.5 Å². The predicted octanol–water partition coefficient (Wildman–Crippen LogP) is 5.94. The molecular formula is C28H26N2O4. The average Bonchev–Trinajstić information content (AvgIpc) is 3.34. The van der Waals surface area contributed by atoms with Gasteiger partial charge in [0.1, 0.15) is 0 Å². The van der Waals surface area contributed by atoms with Crippen LogP contribution >= 0.6 is 0 Å². The number of aromatic nitrogens is 1. The molecule has 0 aliphatic carbocycles. The van der Waals surface area contributed by atoms with E-state index in [1.807, 2.05) is 18.5 Å². The molecule has 2 aliphatic rings. The van der Waals surface area contributed by atoms with Crippen LogP contribution in [-0.2, 0) is 0 Å². The molecule has 3 aromatic carbocycles.